The van der Waals surface area contributed by atoms with Gasteiger partial charge in [-0.1, -0.05) is 25.1 Å². The number of aromatic nitrogens is 3. The van der Waals surface area contributed by atoms with Gasteiger partial charge in [0.25, 0.3) is 0 Å². The lowest BCUT2D eigenvalue weighted by atomic mass is 10.2. The lowest BCUT2D eigenvalue weighted by Crippen LogP contribution is -2.16. The van der Waals surface area contributed by atoms with Crippen LogP contribution in [-0.4, -0.2) is 39.5 Å². The molecule has 3 rings (SSSR count). The fourth-order valence-electron chi connectivity index (χ4n) is 2.73. The van der Waals surface area contributed by atoms with Crippen LogP contribution < -0.4 is 5.32 Å². The van der Waals surface area contributed by atoms with E-state index in [2.05, 4.69) is 33.9 Å². The van der Waals surface area contributed by atoms with Crippen molar-refractivity contribution in [2.45, 2.75) is 31.8 Å². The van der Waals surface area contributed by atoms with E-state index in [9.17, 15) is 9.59 Å². The maximum Gasteiger partial charge on any atom is 0.340 e. The van der Waals surface area contributed by atoms with Crippen LogP contribution in [0.5, 0.6) is 0 Å². The van der Waals surface area contributed by atoms with E-state index >= 15 is 0 Å². The van der Waals surface area contributed by atoms with Gasteiger partial charge in [-0.3, -0.25) is 4.79 Å². The number of nitrogens with one attached hydrogen (secondary N) is 1. The number of rotatable bonds is 8. The van der Waals surface area contributed by atoms with E-state index < -0.39 is 5.97 Å². The number of carbonyl (C=O) groups excluding carboxylic acids is 2. The molecule has 10 heteroatoms. The Balaban J connectivity index is 1.64. The number of nitrogens with zero attached hydrogens (tertiary/aromatic N) is 3. The van der Waals surface area contributed by atoms with E-state index in [1.54, 1.807) is 17.4 Å². The van der Waals surface area contributed by atoms with Gasteiger partial charge in [0.1, 0.15) is 5.00 Å². The van der Waals surface area contributed by atoms with E-state index in [0.29, 0.717) is 15.7 Å². The van der Waals surface area contributed by atoms with Gasteiger partial charge in [0, 0.05) is 27.7 Å². The van der Waals surface area contributed by atoms with Crippen LogP contribution in [0.3, 0.4) is 0 Å². The molecule has 154 valence electrons. The largest absolute Gasteiger partial charge is 0.465 e. The lowest BCUT2D eigenvalue weighted by Gasteiger charge is -2.05. The molecule has 0 unspecified atom stereocenters. The molecule has 0 aliphatic rings. The Morgan fingerprint density at radius 1 is 1.31 bits per heavy atom. The zero-order valence-electron chi connectivity index (χ0n) is 16.6. The zero-order valence-corrected chi connectivity index (χ0v) is 19.1. The fraction of sp³-hybridized carbons (Fsp3) is 0.368. The minimum atomic E-state index is -0.464. The minimum Gasteiger partial charge on any atom is -0.465 e. The quantitative estimate of drug-likeness (QED) is 0.405. The summed E-state index contributed by atoms with van der Waals surface area (Å²) in [6, 6.07) is 3.86. The third-order valence-electron chi connectivity index (χ3n) is 4.09. The molecule has 3 aromatic heterocycles. The number of ether oxygens (including phenoxy) is 1. The van der Waals surface area contributed by atoms with Crippen LogP contribution in [0, 0.1) is 6.92 Å². The molecule has 0 bridgehead atoms. The van der Waals surface area contributed by atoms with Crippen LogP contribution in [0.1, 0.15) is 33.5 Å². The summed E-state index contributed by atoms with van der Waals surface area (Å²) < 4.78 is 6.66. The van der Waals surface area contributed by atoms with Crippen molar-refractivity contribution in [3.63, 3.8) is 0 Å². The van der Waals surface area contributed by atoms with Gasteiger partial charge in [0.15, 0.2) is 11.0 Å². The topological polar surface area (TPSA) is 86.1 Å². The molecule has 7 nitrogen and oxygen atoms in total. The first kappa shape index (κ1) is 21.5. The van der Waals surface area contributed by atoms with E-state index in [0.717, 1.165) is 29.1 Å². The molecule has 3 heterocycles. The average Bonchev–Trinajstić information content (AvgIpc) is 3.39. The third kappa shape index (κ3) is 5.06. The summed E-state index contributed by atoms with van der Waals surface area (Å²) in [5.74, 6) is 0.267. The monoisotopic (exact) mass is 450 g/mol. The first-order chi connectivity index (χ1) is 13.9. The first-order valence-electron chi connectivity index (χ1n) is 9.01. The highest BCUT2D eigenvalue weighted by Gasteiger charge is 2.18. The summed E-state index contributed by atoms with van der Waals surface area (Å²) in [7, 11) is 3.21. The summed E-state index contributed by atoms with van der Waals surface area (Å²) in [6.45, 7) is 4.03. The van der Waals surface area contributed by atoms with Crippen LogP contribution in [0.15, 0.2) is 22.7 Å². The van der Waals surface area contributed by atoms with Crippen molar-refractivity contribution >= 4 is 51.3 Å². The SMILES string of the molecule is CCCc1cc(-c2nnc(SCC(=O)Nc3sc(C)cc3C(=O)OC)n2C)cs1. The van der Waals surface area contributed by atoms with Crippen molar-refractivity contribution in [3.05, 3.63) is 32.8 Å². The maximum atomic E-state index is 12.4. The maximum absolute atomic E-state index is 12.4. The van der Waals surface area contributed by atoms with Crippen LogP contribution in [-0.2, 0) is 23.0 Å². The van der Waals surface area contributed by atoms with E-state index in [1.165, 1.54) is 35.1 Å². The number of aryl methyl sites for hydroxylation is 2. The number of thioether (sulfide) groups is 1. The molecule has 0 spiro atoms. The summed E-state index contributed by atoms with van der Waals surface area (Å²) in [4.78, 5) is 26.5. The molecule has 0 aliphatic carbocycles. The summed E-state index contributed by atoms with van der Waals surface area (Å²) >= 11 is 4.37. The minimum absolute atomic E-state index is 0.161. The van der Waals surface area contributed by atoms with Crippen molar-refractivity contribution in [2.75, 3.05) is 18.2 Å². The second-order valence-corrected chi connectivity index (χ2v) is 9.54. The molecule has 0 fully saturated rings. The van der Waals surface area contributed by atoms with Crippen molar-refractivity contribution < 1.29 is 14.3 Å². The van der Waals surface area contributed by atoms with Crippen molar-refractivity contribution in [1.82, 2.24) is 14.8 Å². The molecule has 0 aliphatic heterocycles. The Kier molecular flexibility index (Phi) is 7.09. The number of anilines is 1. The number of hydrogen-bond acceptors (Lipinski definition) is 8. The molecular formula is C19H22N4O3S3. The zero-order chi connectivity index (χ0) is 21.0. The van der Waals surface area contributed by atoms with Gasteiger partial charge in [-0.2, -0.15) is 0 Å². The molecule has 0 saturated heterocycles. The van der Waals surface area contributed by atoms with Crippen molar-refractivity contribution in [3.8, 4) is 11.4 Å². The molecule has 1 amide bonds. The molecule has 0 aromatic carbocycles. The van der Waals surface area contributed by atoms with Crippen LogP contribution in [0.4, 0.5) is 5.00 Å². The number of hydrogen-bond donors (Lipinski definition) is 1. The Morgan fingerprint density at radius 3 is 2.83 bits per heavy atom. The fourth-order valence-corrected chi connectivity index (χ4v) is 5.32. The Hall–Kier alpha value is -2.17. The molecule has 29 heavy (non-hydrogen) atoms. The highest BCUT2D eigenvalue weighted by Crippen LogP contribution is 2.30. The normalized spacial score (nSPS) is 10.9. The molecule has 3 aromatic rings. The van der Waals surface area contributed by atoms with Crippen LogP contribution in [0.25, 0.3) is 11.4 Å². The number of esters is 1. The van der Waals surface area contributed by atoms with E-state index in [-0.39, 0.29) is 11.7 Å². The highest BCUT2D eigenvalue weighted by atomic mass is 32.2. The lowest BCUT2D eigenvalue weighted by molar-refractivity contribution is -0.113. The molecule has 0 atom stereocenters. The van der Waals surface area contributed by atoms with Gasteiger partial charge >= 0.3 is 5.97 Å². The molecule has 1 N–H and O–H groups in total. The number of methoxy groups -OCH3 is 1. The predicted molar refractivity (Wildman–Crippen MR) is 118 cm³/mol. The number of carbonyl (C=O) groups is 2. The van der Waals surface area contributed by atoms with Gasteiger partial charge < -0.3 is 14.6 Å². The third-order valence-corrected chi connectivity index (χ3v) is 7.07. The predicted octanol–water partition coefficient (Wildman–Crippen LogP) is 4.38. The van der Waals surface area contributed by atoms with E-state index in [1.807, 2.05) is 18.5 Å². The standard InChI is InChI=1S/C19H22N4O3S3/c1-5-6-13-8-12(9-27-13)16-21-22-19(23(16)3)28-10-15(24)20-17-14(18(25)26-4)7-11(2)29-17/h7-9H,5-6,10H2,1-4H3,(H,20,24). The van der Waals surface area contributed by atoms with Gasteiger partial charge in [-0.25, -0.2) is 4.79 Å². The Labute approximate surface area is 181 Å². The van der Waals surface area contributed by atoms with Gasteiger partial charge in [0.2, 0.25) is 5.91 Å². The Morgan fingerprint density at radius 2 is 2.10 bits per heavy atom. The highest BCUT2D eigenvalue weighted by molar-refractivity contribution is 7.99. The second kappa shape index (κ2) is 9.55. The van der Waals surface area contributed by atoms with E-state index in [4.69, 9.17) is 4.74 Å². The summed E-state index contributed by atoms with van der Waals surface area (Å²) in [6.07, 6.45) is 2.16. The molecule has 0 saturated carbocycles. The van der Waals surface area contributed by atoms with Crippen LogP contribution >= 0.6 is 34.4 Å². The smallest absolute Gasteiger partial charge is 0.340 e. The number of amides is 1. The van der Waals surface area contributed by atoms with Crippen molar-refractivity contribution in [2.24, 2.45) is 7.05 Å². The second-order valence-electron chi connectivity index (χ2n) is 6.35. The molecule has 0 radical (unpaired) electrons. The first-order valence-corrected chi connectivity index (χ1v) is 11.7. The number of thiophene rings is 2. The van der Waals surface area contributed by atoms with Crippen LogP contribution in [0.2, 0.25) is 0 Å². The molecular weight excluding hydrogens is 428 g/mol. The Bertz CT molecular complexity index is 1020. The summed E-state index contributed by atoms with van der Waals surface area (Å²) in [5, 5.41) is 14.5. The van der Waals surface area contributed by atoms with Gasteiger partial charge in [-0.05, 0) is 25.5 Å². The van der Waals surface area contributed by atoms with Gasteiger partial charge in [0.05, 0.1) is 18.4 Å². The summed E-state index contributed by atoms with van der Waals surface area (Å²) in [5.41, 5.74) is 1.41. The van der Waals surface area contributed by atoms with Crippen molar-refractivity contribution in [1.29, 1.82) is 0 Å². The van der Waals surface area contributed by atoms with Gasteiger partial charge in [-0.15, -0.1) is 32.9 Å². The average molecular weight is 451 g/mol.